The minimum atomic E-state index is 0.410. The number of carbonyl (C=O) groups excluding carboxylic acids is 1. The molecule has 2 unspecified atom stereocenters. The highest BCUT2D eigenvalue weighted by Gasteiger charge is 2.30. The zero-order chi connectivity index (χ0) is 13.0. The van der Waals surface area contributed by atoms with E-state index in [1.165, 1.54) is 51.4 Å². The lowest BCUT2D eigenvalue weighted by molar-refractivity contribution is -0.126. The molecule has 0 heterocycles. The van der Waals surface area contributed by atoms with Gasteiger partial charge in [-0.1, -0.05) is 46.0 Å². The summed E-state index contributed by atoms with van der Waals surface area (Å²) in [5, 5.41) is 0. The zero-order valence-electron chi connectivity index (χ0n) is 12.3. The Balaban J connectivity index is 1.77. The first-order chi connectivity index (χ1) is 8.66. The average Bonchev–Trinajstić information content (AvgIpc) is 2.38. The number of ketones is 1. The minimum Gasteiger partial charge on any atom is -0.299 e. The van der Waals surface area contributed by atoms with Crippen LogP contribution >= 0.6 is 0 Å². The van der Waals surface area contributed by atoms with Crippen LogP contribution in [-0.4, -0.2) is 5.78 Å². The van der Waals surface area contributed by atoms with Crippen LogP contribution in [0.15, 0.2) is 0 Å². The van der Waals surface area contributed by atoms with Crippen molar-refractivity contribution in [2.24, 2.45) is 23.7 Å². The number of rotatable bonds is 4. The monoisotopic (exact) mass is 250 g/mol. The van der Waals surface area contributed by atoms with Gasteiger partial charge in [0.05, 0.1) is 0 Å². The van der Waals surface area contributed by atoms with Crippen LogP contribution in [0.1, 0.15) is 78.1 Å². The van der Waals surface area contributed by atoms with Gasteiger partial charge in [0.2, 0.25) is 0 Å². The van der Waals surface area contributed by atoms with Crippen molar-refractivity contribution in [2.75, 3.05) is 0 Å². The van der Waals surface area contributed by atoms with Crippen LogP contribution in [0.3, 0.4) is 0 Å². The van der Waals surface area contributed by atoms with E-state index in [-0.39, 0.29) is 0 Å². The molecule has 1 nitrogen and oxygen atoms in total. The summed E-state index contributed by atoms with van der Waals surface area (Å²) in [6.07, 6.45) is 12.8. The Labute approximate surface area is 113 Å². The van der Waals surface area contributed by atoms with Crippen molar-refractivity contribution in [3.63, 3.8) is 0 Å². The van der Waals surface area contributed by atoms with Crippen molar-refractivity contribution in [1.82, 2.24) is 0 Å². The molecule has 0 aromatic carbocycles. The smallest absolute Gasteiger partial charge is 0.135 e. The van der Waals surface area contributed by atoms with Gasteiger partial charge in [0, 0.05) is 12.3 Å². The fourth-order valence-electron chi connectivity index (χ4n) is 3.94. The Morgan fingerprint density at radius 1 is 1.06 bits per heavy atom. The Morgan fingerprint density at radius 2 is 1.78 bits per heavy atom. The maximum Gasteiger partial charge on any atom is 0.135 e. The number of hydrogen-bond donors (Lipinski definition) is 0. The van der Waals surface area contributed by atoms with Gasteiger partial charge in [-0.2, -0.15) is 0 Å². The second-order valence-corrected chi connectivity index (χ2v) is 7.02. The largest absolute Gasteiger partial charge is 0.299 e. The van der Waals surface area contributed by atoms with E-state index in [0.29, 0.717) is 11.7 Å². The lowest BCUT2D eigenvalue weighted by Crippen LogP contribution is -2.28. The molecule has 2 fully saturated rings. The summed E-state index contributed by atoms with van der Waals surface area (Å²) in [6.45, 7) is 4.64. The second-order valence-electron chi connectivity index (χ2n) is 7.02. The van der Waals surface area contributed by atoms with Gasteiger partial charge in [-0.3, -0.25) is 4.79 Å². The summed E-state index contributed by atoms with van der Waals surface area (Å²) in [4.78, 5) is 12.0. The number of Topliss-reactive ketones (excluding diaryl/α,β-unsaturated/α-hetero) is 1. The normalized spacial score (nSPS) is 30.9. The molecule has 2 rings (SSSR count). The van der Waals surface area contributed by atoms with Gasteiger partial charge in [-0.15, -0.1) is 0 Å². The summed E-state index contributed by atoms with van der Waals surface area (Å²) in [5.74, 6) is 3.48. The zero-order valence-corrected chi connectivity index (χ0v) is 12.3. The van der Waals surface area contributed by atoms with E-state index >= 15 is 0 Å². The molecule has 0 radical (unpaired) electrons. The van der Waals surface area contributed by atoms with Crippen molar-refractivity contribution >= 4 is 5.78 Å². The molecule has 0 aromatic rings. The summed E-state index contributed by atoms with van der Waals surface area (Å²) in [5.41, 5.74) is 0. The van der Waals surface area contributed by atoms with Crippen molar-refractivity contribution in [3.8, 4) is 0 Å². The first kappa shape index (κ1) is 14.1. The molecule has 0 amide bonds. The van der Waals surface area contributed by atoms with E-state index in [2.05, 4.69) is 13.8 Å². The fourth-order valence-corrected chi connectivity index (χ4v) is 3.94. The Kier molecular flexibility index (Phi) is 5.26. The molecule has 2 atom stereocenters. The van der Waals surface area contributed by atoms with Gasteiger partial charge >= 0.3 is 0 Å². The maximum absolute atomic E-state index is 12.0. The Morgan fingerprint density at radius 3 is 2.44 bits per heavy atom. The first-order valence-corrected chi connectivity index (χ1v) is 8.19. The SMILES string of the molecule is CC(C)C1CCC(=O)C(CCC2CCCCC2)C1. The molecule has 104 valence electrons. The molecule has 1 heteroatoms. The highest BCUT2D eigenvalue weighted by Crippen LogP contribution is 2.36. The predicted molar refractivity (Wildman–Crippen MR) is 76.5 cm³/mol. The van der Waals surface area contributed by atoms with Crippen LogP contribution in [-0.2, 0) is 4.79 Å². The van der Waals surface area contributed by atoms with Crippen molar-refractivity contribution in [1.29, 1.82) is 0 Å². The molecule has 2 aliphatic rings. The molecule has 18 heavy (non-hydrogen) atoms. The highest BCUT2D eigenvalue weighted by molar-refractivity contribution is 5.81. The van der Waals surface area contributed by atoms with Gasteiger partial charge in [0.15, 0.2) is 0 Å². The van der Waals surface area contributed by atoms with E-state index in [0.717, 1.165) is 30.6 Å². The third kappa shape index (κ3) is 3.83. The number of hydrogen-bond acceptors (Lipinski definition) is 1. The molecular weight excluding hydrogens is 220 g/mol. The van der Waals surface area contributed by atoms with Crippen LogP contribution < -0.4 is 0 Å². The molecule has 0 saturated heterocycles. The van der Waals surface area contributed by atoms with Gasteiger partial charge in [0.1, 0.15) is 5.78 Å². The summed E-state index contributed by atoms with van der Waals surface area (Å²) in [7, 11) is 0. The molecule has 0 bridgehead atoms. The van der Waals surface area contributed by atoms with E-state index in [4.69, 9.17) is 0 Å². The minimum absolute atomic E-state index is 0.410. The number of carbonyl (C=O) groups is 1. The van der Waals surface area contributed by atoms with Gasteiger partial charge < -0.3 is 0 Å². The summed E-state index contributed by atoms with van der Waals surface area (Å²) in [6, 6.07) is 0. The molecule has 0 aromatic heterocycles. The third-order valence-electron chi connectivity index (χ3n) is 5.40. The first-order valence-electron chi connectivity index (χ1n) is 8.19. The van der Waals surface area contributed by atoms with E-state index < -0.39 is 0 Å². The van der Waals surface area contributed by atoms with Crippen LogP contribution in [0.25, 0.3) is 0 Å². The van der Waals surface area contributed by atoms with Crippen molar-refractivity contribution in [3.05, 3.63) is 0 Å². The van der Waals surface area contributed by atoms with Crippen LogP contribution in [0.5, 0.6) is 0 Å². The molecular formula is C17H30O. The predicted octanol–water partition coefficient (Wildman–Crippen LogP) is 4.99. The molecule has 2 aliphatic carbocycles. The lowest BCUT2D eigenvalue weighted by Gasteiger charge is -2.32. The summed E-state index contributed by atoms with van der Waals surface area (Å²) >= 11 is 0. The van der Waals surface area contributed by atoms with Crippen LogP contribution in [0.4, 0.5) is 0 Å². The quantitative estimate of drug-likeness (QED) is 0.687. The van der Waals surface area contributed by atoms with Gasteiger partial charge in [-0.05, 0) is 43.4 Å². The van der Waals surface area contributed by atoms with E-state index in [1.807, 2.05) is 0 Å². The summed E-state index contributed by atoms with van der Waals surface area (Å²) < 4.78 is 0. The Bertz CT molecular complexity index is 263. The molecule has 2 saturated carbocycles. The fraction of sp³-hybridized carbons (Fsp3) is 0.941. The van der Waals surface area contributed by atoms with Crippen LogP contribution in [0.2, 0.25) is 0 Å². The molecule has 0 N–H and O–H groups in total. The lowest BCUT2D eigenvalue weighted by atomic mass is 9.73. The van der Waals surface area contributed by atoms with Gasteiger partial charge in [0.25, 0.3) is 0 Å². The van der Waals surface area contributed by atoms with Gasteiger partial charge in [-0.25, -0.2) is 0 Å². The van der Waals surface area contributed by atoms with E-state index in [1.54, 1.807) is 0 Å². The standard InChI is InChI=1S/C17H30O/c1-13(2)15-10-11-17(18)16(12-15)9-8-14-6-4-3-5-7-14/h13-16H,3-12H2,1-2H3. The topological polar surface area (TPSA) is 17.1 Å². The van der Waals surface area contributed by atoms with Crippen molar-refractivity contribution < 1.29 is 4.79 Å². The van der Waals surface area contributed by atoms with Crippen molar-refractivity contribution in [2.45, 2.75) is 78.1 Å². The third-order valence-corrected chi connectivity index (χ3v) is 5.40. The second kappa shape index (κ2) is 6.73. The van der Waals surface area contributed by atoms with Crippen LogP contribution in [0, 0.1) is 23.7 Å². The van der Waals surface area contributed by atoms with E-state index in [9.17, 15) is 4.79 Å². The molecule has 0 spiro atoms. The molecule has 0 aliphatic heterocycles. The average molecular weight is 250 g/mol. The maximum atomic E-state index is 12.0. The highest BCUT2D eigenvalue weighted by atomic mass is 16.1. The Hall–Kier alpha value is -0.330.